The normalized spacial score (nSPS) is 15.7. The van der Waals surface area contributed by atoms with Gasteiger partial charge in [0, 0.05) is 12.6 Å². The Hall–Kier alpha value is -1.87. The molecule has 1 aliphatic rings. The molecule has 0 bridgehead atoms. The van der Waals surface area contributed by atoms with Gasteiger partial charge in [0.2, 0.25) is 0 Å². The lowest BCUT2D eigenvalue weighted by Gasteiger charge is -2.19. The van der Waals surface area contributed by atoms with E-state index in [4.69, 9.17) is 4.74 Å². The zero-order valence-electron chi connectivity index (χ0n) is 12.2. The topological polar surface area (TPSA) is 21.3 Å². The molecule has 1 unspecified atom stereocenters. The molecule has 1 saturated carbocycles. The second kappa shape index (κ2) is 6.27. The molecule has 0 aromatic heterocycles. The maximum atomic E-state index is 13.2. The predicted molar refractivity (Wildman–Crippen MR) is 81.7 cm³/mol. The van der Waals surface area contributed by atoms with E-state index < -0.39 is 0 Å². The highest BCUT2D eigenvalue weighted by molar-refractivity contribution is 5.30. The third-order valence-electron chi connectivity index (χ3n) is 3.98. The van der Waals surface area contributed by atoms with Crippen molar-refractivity contribution in [1.29, 1.82) is 0 Å². The molecule has 2 aromatic rings. The molecule has 0 saturated heterocycles. The smallest absolute Gasteiger partial charge is 0.123 e. The van der Waals surface area contributed by atoms with Crippen LogP contribution in [0.3, 0.4) is 0 Å². The fourth-order valence-electron chi connectivity index (χ4n) is 2.67. The largest absolute Gasteiger partial charge is 0.497 e. The summed E-state index contributed by atoms with van der Waals surface area (Å²) >= 11 is 0. The van der Waals surface area contributed by atoms with Crippen molar-refractivity contribution in [1.82, 2.24) is 5.32 Å². The molecular weight excluding hydrogens is 265 g/mol. The number of ether oxygens (including phenoxy) is 1. The van der Waals surface area contributed by atoms with Crippen LogP contribution in [0.15, 0.2) is 48.5 Å². The summed E-state index contributed by atoms with van der Waals surface area (Å²) in [6.07, 6.45) is 2.51. The molecule has 2 nitrogen and oxygen atoms in total. The molecule has 110 valence electrons. The van der Waals surface area contributed by atoms with Gasteiger partial charge in [0.15, 0.2) is 0 Å². The molecule has 0 amide bonds. The van der Waals surface area contributed by atoms with Crippen molar-refractivity contribution < 1.29 is 9.13 Å². The van der Waals surface area contributed by atoms with Crippen molar-refractivity contribution in [3.63, 3.8) is 0 Å². The van der Waals surface area contributed by atoms with Gasteiger partial charge in [-0.15, -0.1) is 0 Å². The summed E-state index contributed by atoms with van der Waals surface area (Å²) in [5.74, 6) is 1.38. The van der Waals surface area contributed by atoms with E-state index in [-0.39, 0.29) is 5.82 Å². The summed E-state index contributed by atoms with van der Waals surface area (Å²) < 4.78 is 18.4. The van der Waals surface area contributed by atoms with E-state index >= 15 is 0 Å². The molecular formula is C18H20FNO. The van der Waals surface area contributed by atoms with Gasteiger partial charge in [-0.2, -0.15) is 0 Å². The number of rotatable bonds is 6. The first-order chi connectivity index (χ1) is 10.3. The monoisotopic (exact) mass is 285 g/mol. The number of benzene rings is 2. The van der Waals surface area contributed by atoms with Crippen molar-refractivity contribution >= 4 is 0 Å². The molecule has 3 heteroatoms. The van der Waals surface area contributed by atoms with Crippen molar-refractivity contribution in [3.8, 4) is 5.75 Å². The molecule has 21 heavy (non-hydrogen) atoms. The highest BCUT2D eigenvalue weighted by Crippen LogP contribution is 2.41. The van der Waals surface area contributed by atoms with Crippen molar-refractivity contribution in [2.75, 3.05) is 7.11 Å². The van der Waals surface area contributed by atoms with Gasteiger partial charge in [-0.05, 0) is 54.2 Å². The average Bonchev–Trinajstić information content (AvgIpc) is 3.33. The quantitative estimate of drug-likeness (QED) is 0.863. The lowest BCUT2D eigenvalue weighted by molar-refractivity contribution is 0.413. The Bertz CT molecular complexity index is 592. The predicted octanol–water partition coefficient (Wildman–Crippen LogP) is 4.08. The van der Waals surface area contributed by atoms with E-state index in [1.165, 1.54) is 24.5 Å². The van der Waals surface area contributed by atoms with E-state index in [9.17, 15) is 4.39 Å². The van der Waals surface area contributed by atoms with Crippen LogP contribution in [-0.4, -0.2) is 7.11 Å². The number of methoxy groups -OCH3 is 1. The van der Waals surface area contributed by atoms with E-state index in [0.717, 1.165) is 11.3 Å². The zero-order chi connectivity index (χ0) is 14.7. The SMILES string of the molecule is COc1ccc(C(NCc2cccc(F)c2)C2CC2)cc1. The third-order valence-corrected chi connectivity index (χ3v) is 3.98. The standard InChI is InChI=1S/C18H20FNO/c1-21-17-9-7-15(8-10-17)18(14-5-6-14)20-12-13-3-2-4-16(19)11-13/h2-4,7-11,14,18,20H,5-6,12H2,1H3. The molecule has 0 spiro atoms. The Kier molecular flexibility index (Phi) is 4.20. The highest BCUT2D eigenvalue weighted by Gasteiger charge is 2.31. The fraction of sp³-hybridized carbons (Fsp3) is 0.333. The van der Waals surface area contributed by atoms with Gasteiger partial charge < -0.3 is 10.1 Å². The minimum absolute atomic E-state index is 0.179. The maximum Gasteiger partial charge on any atom is 0.123 e. The molecule has 1 fully saturated rings. The van der Waals surface area contributed by atoms with Gasteiger partial charge in [-0.1, -0.05) is 24.3 Å². The second-order valence-corrected chi connectivity index (χ2v) is 5.60. The first-order valence-corrected chi connectivity index (χ1v) is 7.38. The summed E-state index contributed by atoms with van der Waals surface area (Å²) in [5, 5.41) is 3.57. The summed E-state index contributed by atoms with van der Waals surface area (Å²) in [5.41, 5.74) is 2.25. The Balaban J connectivity index is 1.69. The highest BCUT2D eigenvalue weighted by atomic mass is 19.1. The minimum Gasteiger partial charge on any atom is -0.497 e. The number of hydrogen-bond donors (Lipinski definition) is 1. The lowest BCUT2D eigenvalue weighted by Crippen LogP contribution is -2.22. The van der Waals surface area contributed by atoms with Gasteiger partial charge in [0.1, 0.15) is 11.6 Å². The van der Waals surface area contributed by atoms with Crippen LogP contribution < -0.4 is 10.1 Å². The average molecular weight is 285 g/mol. The molecule has 1 aliphatic carbocycles. The van der Waals surface area contributed by atoms with Crippen LogP contribution in [0.1, 0.15) is 30.0 Å². The molecule has 0 aliphatic heterocycles. The molecule has 0 heterocycles. The third kappa shape index (κ3) is 3.61. The summed E-state index contributed by atoms with van der Waals surface area (Å²) in [7, 11) is 1.68. The van der Waals surface area contributed by atoms with Crippen LogP contribution in [0.25, 0.3) is 0 Å². The van der Waals surface area contributed by atoms with Crippen LogP contribution in [0.2, 0.25) is 0 Å². The van der Waals surface area contributed by atoms with E-state index in [1.54, 1.807) is 19.2 Å². The van der Waals surface area contributed by atoms with Crippen molar-refractivity contribution in [3.05, 3.63) is 65.5 Å². The first-order valence-electron chi connectivity index (χ1n) is 7.38. The Morgan fingerprint density at radius 3 is 2.57 bits per heavy atom. The van der Waals surface area contributed by atoms with Crippen molar-refractivity contribution in [2.45, 2.75) is 25.4 Å². The summed E-state index contributed by atoms with van der Waals surface area (Å²) in [4.78, 5) is 0. The van der Waals surface area contributed by atoms with Crippen LogP contribution >= 0.6 is 0 Å². The zero-order valence-corrected chi connectivity index (χ0v) is 12.2. The van der Waals surface area contributed by atoms with Crippen LogP contribution in [0.5, 0.6) is 5.75 Å². The Morgan fingerprint density at radius 1 is 1.19 bits per heavy atom. The van der Waals surface area contributed by atoms with Gasteiger partial charge in [-0.25, -0.2) is 4.39 Å². The molecule has 3 rings (SSSR count). The fourth-order valence-corrected chi connectivity index (χ4v) is 2.67. The van der Waals surface area contributed by atoms with Gasteiger partial charge in [-0.3, -0.25) is 0 Å². The number of nitrogens with one attached hydrogen (secondary N) is 1. The van der Waals surface area contributed by atoms with E-state index in [2.05, 4.69) is 17.4 Å². The van der Waals surface area contributed by atoms with E-state index in [0.29, 0.717) is 18.5 Å². The van der Waals surface area contributed by atoms with Gasteiger partial charge in [0.25, 0.3) is 0 Å². The summed E-state index contributed by atoms with van der Waals surface area (Å²) in [6.45, 7) is 0.685. The Labute approximate surface area is 125 Å². The second-order valence-electron chi connectivity index (χ2n) is 5.60. The molecule has 0 radical (unpaired) electrons. The molecule has 1 N–H and O–H groups in total. The number of hydrogen-bond acceptors (Lipinski definition) is 2. The molecule has 1 atom stereocenters. The van der Waals surface area contributed by atoms with Crippen molar-refractivity contribution in [2.24, 2.45) is 5.92 Å². The summed E-state index contributed by atoms with van der Waals surface area (Å²) in [6, 6.07) is 15.3. The van der Waals surface area contributed by atoms with E-state index in [1.807, 2.05) is 18.2 Å². The number of halogens is 1. The Morgan fingerprint density at radius 2 is 1.95 bits per heavy atom. The van der Waals surface area contributed by atoms with Gasteiger partial charge in [0.05, 0.1) is 7.11 Å². The first kappa shape index (κ1) is 14.1. The van der Waals surface area contributed by atoms with Crippen LogP contribution in [0.4, 0.5) is 4.39 Å². The van der Waals surface area contributed by atoms with Crippen LogP contribution in [0, 0.1) is 11.7 Å². The maximum absolute atomic E-state index is 13.2. The van der Waals surface area contributed by atoms with Crippen LogP contribution in [-0.2, 0) is 6.54 Å². The lowest BCUT2D eigenvalue weighted by atomic mass is 10.0. The van der Waals surface area contributed by atoms with Gasteiger partial charge >= 0.3 is 0 Å². The minimum atomic E-state index is -0.179. The molecule has 2 aromatic carbocycles.